The molecule has 3 heteroatoms. The Labute approximate surface area is 61.8 Å². The van der Waals surface area contributed by atoms with Crippen molar-refractivity contribution in [3.63, 3.8) is 0 Å². The first-order chi connectivity index (χ1) is 4.70. The molecule has 1 atom stereocenters. The first kappa shape index (κ1) is 9.43. The van der Waals surface area contributed by atoms with Crippen LogP contribution in [0.3, 0.4) is 0 Å². The van der Waals surface area contributed by atoms with Crippen molar-refractivity contribution in [1.29, 1.82) is 0 Å². The van der Waals surface area contributed by atoms with Gasteiger partial charge in [-0.25, -0.2) is 0 Å². The quantitative estimate of drug-likeness (QED) is 0.458. The summed E-state index contributed by atoms with van der Waals surface area (Å²) in [5.74, 6) is 0. The molecule has 1 radical (unpaired) electrons. The molecule has 1 unspecified atom stereocenters. The van der Waals surface area contributed by atoms with E-state index in [9.17, 15) is 4.79 Å². The average Bonchev–Trinajstić information content (AvgIpc) is 1.86. The summed E-state index contributed by atoms with van der Waals surface area (Å²) in [5, 5.41) is 2.44. The Morgan fingerprint density at radius 2 is 2.20 bits per heavy atom. The maximum atomic E-state index is 9.84. The van der Waals surface area contributed by atoms with Crippen LogP contribution in [0.4, 0.5) is 0 Å². The van der Waals surface area contributed by atoms with Crippen molar-refractivity contribution in [3.05, 3.63) is 0 Å². The molecule has 0 spiro atoms. The summed E-state index contributed by atoms with van der Waals surface area (Å²) in [6.07, 6.45) is 2.33. The van der Waals surface area contributed by atoms with E-state index in [4.69, 9.17) is 4.74 Å². The highest BCUT2D eigenvalue weighted by atomic mass is 16.5. The van der Waals surface area contributed by atoms with E-state index in [-0.39, 0.29) is 12.3 Å². The van der Waals surface area contributed by atoms with E-state index in [0.29, 0.717) is 0 Å². The Balaban J connectivity index is 3.48. The second-order valence-electron chi connectivity index (χ2n) is 2.33. The van der Waals surface area contributed by atoms with E-state index >= 15 is 0 Å². The summed E-state index contributed by atoms with van der Waals surface area (Å²) < 4.78 is 5.27. The number of nitrogens with one attached hydrogen (secondary N) is 1. The number of ether oxygens (including phenoxy) is 1. The van der Waals surface area contributed by atoms with Crippen LogP contribution in [-0.2, 0) is 9.53 Å². The molecule has 0 heterocycles. The van der Waals surface area contributed by atoms with E-state index in [1.165, 1.54) is 0 Å². The van der Waals surface area contributed by atoms with E-state index in [1.54, 1.807) is 6.41 Å². The van der Waals surface area contributed by atoms with Gasteiger partial charge in [-0.3, -0.25) is 4.79 Å². The van der Waals surface area contributed by atoms with Crippen molar-refractivity contribution >= 4 is 6.41 Å². The van der Waals surface area contributed by atoms with Crippen LogP contribution in [-0.4, -0.2) is 18.7 Å². The zero-order valence-corrected chi connectivity index (χ0v) is 6.68. The number of rotatable bonds is 5. The minimum absolute atomic E-state index is 0.144. The van der Waals surface area contributed by atoms with Crippen molar-refractivity contribution < 1.29 is 9.53 Å². The lowest BCUT2D eigenvalue weighted by molar-refractivity contribution is -0.00280. The fraction of sp³-hybridized carbons (Fsp3) is 0.857. The molecule has 0 saturated heterocycles. The smallest absolute Gasteiger partial charge is 0.311 e. The normalized spacial score (nSPS) is 13.2. The minimum Gasteiger partial charge on any atom is -0.356 e. The molecule has 0 aromatic carbocycles. The van der Waals surface area contributed by atoms with Crippen molar-refractivity contribution in [2.24, 2.45) is 0 Å². The van der Waals surface area contributed by atoms with Gasteiger partial charge >= 0.3 is 6.41 Å². The molecule has 10 heavy (non-hydrogen) atoms. The second kappa shape index (κ2) is 5.23. The van der Waals surface area contributed by atoms with Gasteiger partial charge < -0.3 is 10.1 Å². The van der Waals surface area contributed by atoms with Crippen LogP contribution >= 0.6 is 0 Å². The van der Waals surface area contributed by atoms with Crippen molar-refractivity contribution in [2.45, 2.75) is 39.5 Å². The Morgan fingerprint density at radius 1 is 1.60 bits per heavy atom. The van der Waals surface area contributed by atoms with E-state index in [2.05, 4.69) is 5.32 Å². The van der Waals surface area contributed by atoms with Gasteiger partial charge in [0.15, 0.2) is 0 Å². The number of amides is 1. The Kier molecular flexibility index (Phi) is 4.94. The van der Waals surface area contributed by atoms with E-state index < -0.39 is 0 Å². The standard InChI is InChI=1S/C7H14NO2/c1-4-7(8-5-9)10-6(2)3/h6-7H,4H2,1-3H3,(H,8,9). The molecule has 0 aliphatic rings. The zero-order valence-electron chi connectivity index (χ0n) is 6.68. The fourth-order valence-electron chi connectivity index (χ4n) is 0.627. The van der Waals surface area contributed by atoms with Crippen LogP contribution in [0.25, 0.3) is 0 Å². The van der Waals surface area contributed by atoms with Crippen molar-refractivity contribution in [1.82, 2.24) is 5.32 Å². The Morgan fingerprint density at radius 3 is 2.50 bits per heavy atom. The molecule has 1 N–H and O–H groups in total. The Bertz CT molecular complexity index is 93.6. The van der Waals surface area contributed by atoms with Crippen LogP contribution in [0.1, 0.15) is 27.2 Å². The van der Waals surface area contributed by atoms with Crippen molar-refractivity contribution in [2.75, 3.05) is 0 Å². The summed E-state index contributed by atoms with van der Waals surface area (Å²) in [4.78, 5) is 9.84. The molecule has 1 amide bonds. The second-order valence-corrected chi connectivity index (χ2v) is 2.33. The average molecular weight is 144 g/mol. The molecular formula is C7H14NO2. The predicted molar refractivity (Wildman–Crippen MR) is 39.1 cm³/mol. The lowest BCUT2D eigenvalue weighted by Gasteiger charge is -2.16. The maximum absolute atomic E-state index is 9.84. The SMILES string of the molecule is CCC(N[C]=O)OC(C)C. The molecule has 0 aliphatic carbocycles. The number of hydrogen-bond donors (Lipinski definition) is 1. The van der Waals surface area contributed by atoms with E-state index in [1.807, 2.05) is 20.8 Å². The minimum atomic E-state index is -0.183. The molecule has 0 fully saturated rings. The summed E-state index contributed by atoms with van der Waals surface area (Å²) in [6.45, 7) is 5.79. The van der Waals surface area contributed by atoms with E-state index in [0.717, 1.165) is 6.42 Å². The third-order valence-corrected chi connectivity index (χ3v) is 1.03. The highest BCUT2D eigenvalue weighted by Crippen LogP contribution is 1.97. The van der Waals surface area contributed by atoms with Crippen LogP contribution in [0.5, 0.6) is 0 Å². The molecule has 0 saturated carbocycles. The highest BCUT2D eigenvalue weighted by molar-refractivity contribution is 5.47. The highest BCUT2D eigenvalue weighted by Gasteiger charge is 2.05. The first-order valence-corrected chi connectivity index (χ1v) is 3.48. The van der Waals surface area contributed by atoms with Gasteiger partial charge in [-0.15, -0.1) is 0 Å². The third-order valence-electron chi connectivity index (χ3n) is 1.03. The van der Waals surface area contributed by atoms with Gasteiger partial charge in [-0.2, -0.15) is 0 Å². The molecule has 0 aromatic heterocycles. The van der Waals surface area contributed by atoms with Crippen LogP contribution in [0, 0.1) is 0 Å². The molecular weight excluding hydrogens is 130 g/mol. The van der Waals surface area contributed by atoms with Gasteiger partial charge in [0.25, 0.3) is 0 Å². The van der Waals surface area contributed by atoms with Crippen LogP contribution in [0.15, 0.2) is 0 Å². The van der Waals surface area contributed by atoms with Gasteiger partial charge in [0, 0.05) is 0 Å². The van der Waals surface area contributed by atoms with Crippen LogP contribution in [0.2, 0.25) is 0 Å². The largest absolute Gasteiger partial charge is 0.356 e. The molecule has 0 bridgehead atoms. The molecule has 59 valence electrons. The fourth-order valence-corrected chi connectivity index (χ4v) is 0.627. The van der Waals surface area contributed by atoms with Gasteiger partial charge in [0.1, 0.15) is 6.23 Å². The lowest BCUT2D eigenvalue weighted by Crippen LogP contribution is -2.32. The van der Waals surface area contributed by atoms with Gasteiger partial charge in [-0.1, -0.05) is 6.92 Å². The summed E-state index contributed by atoms with van der Waals surface area (Å²) >= 11 is 0. The van der Waals surface area contributed by atoms with Gasteiger partial charge in [0.2, 0.25) is 0 Å². The number of carbonyl (C=O) groups excluding carboxylic acids is 1. The van der Waals surface area contributed by atoms with Crippen LogP contribution < -0.4 is 5.32 Å². The zero-order chi connectivity index (χ0) is 7.98. The molecule has 0 aliphatic heterocycles. The molecule has 0 aromatic rings. The first-order valence-electron chi connectivity index (χ1n) is 3.48. The predicted octanol–water partition coefficient (Wildman–Crippen LogP) is 0.804. The third kappa shape index (κ3) is 4.32. The maximum Gasteiger partial charge on any atom is 0.311 e. The summed E-state index contributed by atoms with van der Waals surface area (Å²) in [5.41, 5.74) is 0. The topological polar surface area (TPSA) is 38.3 Å². The lowest BCUT2D eigenvalue weighted by atomic mass is 10.4. The molecule has 3 nitrogen and oxygen atoms in total. The summed E-state index contributed by atoms with van der Waals surface area (Å²) in [7, 11) is 0. The summed E-state index contributed by atoms with van der Waals surface area (Å²) in [6, 6.07) is 0. The Hall–Kier alpha value is -0.570. The van der Waals surface area contributed by atoms with Crippen molar-refractivity contribution in [3.8, 4) is 0 Å². The van der Waals surface area contributed by atoms with Gasteiger partial charge in [0.05, 0.1) is 6.10 Å². The molecule has 0 rings (SSSR count). The monoisotopic (exact) mass is 144 g/mol. The number of hydrogen-bond acceptors (Lipinski definition) is 2. The van der Waals surface area contributed by atoms with Gasteiger partial charge in [-0.05, 0) is 20.3 Å².